The summed E-state index contributed by atoms with van der Waals surface area (Å²) < 4.78 is 5.17. The van der Waals surface area contributed by atoms with Gasteiger partial charge in [0, 0.05) is 24.0 Å². The van der Waals surface area contributed by atoms with E-state index in [9.17, 15) is 9.59 Å². The molecule has 1 aliphatic rings. The van der Waals surface area contributed by atoms with Gasteiger partial charge in [0.05, 0.1) is 0 Å². The highest BCUT2D eigenvalue weighted by atomic mass is 32.1. The van der Waals surface area contributed by atoms with Crippen LogP contribution in [-0.2, 0) is 16.0 Å². The molecule has 6 heteroatoms. The quantitative estimate of drug-likeness (QED) is 0.749. The van der Waals surface area contributed by atoms with Gasteiger partial charge in [0.15, 0.2) is 12.3 Å². The normalized spacial score (nSPS) is 15.1. The van der Waals surface area contributed by atoms with Crippen molar-refractivity contribution in [1.29, 1.82) is 0 Å². The number of benzene rings is 1. The van der Waals surface area contributed by atoms with E-state index in [2.05, 4.69) is 31.0 Å². The zero-order valence-electron chi connectivity index (χ0n) is 15.2. The number of piperidine rings is 1. The molecule has 1 aliphatic heterocycles. The van der Waals surface area contributed by atoms with Crippen LogP contribution in [0.15, 0.2) is 29.6 Å². The Labute approximate surface area is 158 Å². The van der Waals surface area contributed by atoms with Crippen LogP contribution in [-0.4, -0.2) is 41.5 Å². The first-order valence-corrected chi connectivity index (χ1v) is 9.94. The van der Waals surface area contributed by atoms with Crippen LogP contribution in [0.1, 0.15) is 42.7 Å². The number of aromatic nitrogens is 1. The van der Waals surface area contributed by atoms with Gasteiger partial charge in [-0.3, -0.25) is 4.79 Å². The van der Waals surface area contributed by atoms with E-state index in [1.54, 1.807) is 10.3 Å². The molecule has 0 N–H and O–H groups in total. The SMILES string of the molecule is CCc1ccc(-c2nc(C(=O)OCC(=O)N3CCC(C)CC3)cs2)cc1. The van der Waals surface area contributed by atoms with Gasteiger partial charge in [-0.05, 0) is 30.7 Å². The number of esters is 1. The van der Waals surface area contributed by atoms with Crippen molar-refractivity contribution in [2.75, 3.05) is 19.7 Å². The third-order valence-electron chi connectivity index (χ3n) is 4.79. The number of hydrogen-bond acceptors (Lipinski definition) is 5. The lowest BCUT2D eigenvalue weighted by molar-refractivity contribution is -0.135. The summed E-state index contributed by atoms with van der Waals surface area (Å²) in [4.78, 5) is 30.5. The van der Waals surface area contributed by atoms with E-state index in [0.29, 0.717) is 5.92 Å². The van der Waals surface area contributed by atoms with Crippen molar-refractivity contribution in [3.8, 4) is 10.6 Å². The lowest BCUT2D eigenvalue weighted by Crippen LogP contribution is -2.40. The summed E-state index contributed by atoms with van der Waals surface area (Å²) in [5.41, 5.74) is 2.49. The monoisotopic (exact) mass is 372 g/mol. The lowest BCUT2D eigenvalue weighted by Gasteiger charge is -2.30. The maximum atomic E-state index is 12.2. The molecule has 26 heavy (non-hydrogen) atoms. The number of aryl methyl sites for hydroxylation is 1. The second kappa shape index (κ2) is 8.45. The Balaban J connectivity index is 1.55. The minimum atomic E-state index is -0.545. The van der Waals surface area contributed by atoms with Crippen molar-refractivity contribution in [2.45, 2.75) is 33.1 Å². The Bertz CT molecular complexity index is 762. The number of carbonyl (C=O) groups is 2. The highest BCUT2D eigenvalue weighted by Gasteiger charge is 2.22. The molecular formula is C20H24N2O3S. The molecule has 1 fully saturated rings. The maximum absolute atomic E-state index is 12.2. The topological polar surface area (TPSA) is 59.5 Å². The fraction of sp³-hybridized carbons (Fsp3) is 0.450. The van der Waals surface area contributed by atoms with Gasteiger partial charge in [0.2, 0.25) is 0 Å². The standard InChI is InChI=1S/C20H24N2O3S/c1-3-15-4-6-16(7-5-15)19-21-17(13-26-19)20(24)25-12-18(23)22-10-8-14(2)9-11-22/h4-7,13-14H,3,8-12H2,1-2H3. The average molecular weight is 372 g/mol. The van der Waals surface area contributed by atoms with E-state index in [0.717, 1.165) is 42.9 Å². The number of rotatable bonds is 5. The summed E-state index contributed by atoms with van der Waals surface area (Å²) in [5.74, 6) is -0.0197. The van der Waals surface area contributed by atoms with Crippen molar-refractivity contribution in [1.82, 2.24) is 9.88 Å². The molecule has 138 valence electrons. The molecule has 0 atom stereocenters. The predicted molar refractivity (Wildman–Crippen MR) is 102 cm³/mol. The van der Waals surface area contributed by atoms with Gasteiger partial charge in [-0.15, -0.1) is 11.3 Å². The Morgan fingerprint density at radius 1 is 1.23 bits per heavy atom. The van der Waals surface area contributed by atoms with Crippen LogP contribution in [0.25, 0.3) is 10.6 Å². The van der Waals surface area contributed by atoms with Crippen molar-refractivity contribution < 1.29 is 14.3 Å². The van der Waals surface area contributed by atoms with Gasteiger partial charge in [-0.1, -0.05) is 38.1 Å². The third-order valence-corrected chi connectivity index (χ3v) is 5.68. The molecule has 0 bridgehead atoms. The first kappa shape index (κ1) is 18.6. The van der Waals surface area contributed by atoms with Crippen LogP contribution in [0.2, 0.25) is 0 Å². The summed E-state index contributed by atoms with van der Waals surface area (Å²) in [6, 6.07) is 8.14. The predicted octanol–water partition coefficient (Wildman–Crippen LogP) is 3.79. The van der Waals surface area contributed by atoms with Crippen molar-refractivity contribution >= 4 is 23.2 Å². The zero-order valence-corrected chi connectivity index (χ0v) is 16.1. The Hall–Kier alpha value is -2.21. The van der Waals surface area contributed by atoms with E-state index in [1.807, 2.05) is 12.1 Å². The first-order valence-electron chi connectivity index (χ1n) is 9.06. The minimum Gasteiger partial charge on any atom is -0.451 e. The second-order valence-electron chi connectivity index (χ2n) is 6.73. The minimum absolute atomic E-state index is 0.129. The number of carbonyl (C=O) groups excluding carboxylic acids is 2. The molecule has 0 saturated carbocycles. The van der Waals surface area contributed by atoms with Gasteiger partial charge in [-0.2, -0.15) is 0 Å². The van der Waals surface area contributed by atoms with Crippen LogP contribution < -0.4 is 0 Å². The Kier molecular flexibility index (Phi) is 6.04. The number of thiazole rings is 1. The highest BCUT2D eigenvalue weighted by Crippen LogP contribution is 2.24. The molecule has 2 aromatic rings. The van der Waals surface area contributed by atoms with Gasteiger partial charge in [0.1, 0.15) is 5.01 Å². The number of hydrogen-bond donors (Lipinski definition) is 0. The van der Waals surface area contributed by atoms with Gasteiger partial charge in [-0.25, -0.2) is 9.78 Å². The molecule has 1 amide bonds. The fourth-order valence-electron chi connectivity index (χ4n) is 2.93. The highest BCUT2D eigenvalue weighted by molar-refractivity contribution is 7.13. The van der Waals surface area contributed by atoms with Gasteiger partial charge in [0.25, 0.3) is 5.91 Å². The smallest absolute Gasteiger partial charge is 0.358 e. The molecular weight excluding hydrogens is 348 g/mol. The molecule has 1 aromatic heterocycles. The lowest BCUT2D eigenvalue weighted by atomic mass is 9.99. The van der Waals surface area contributed by atoms with Crippen molar-refractivity contribution in [2.24, 2.45) is 5.92 Å². The van der Waals surface area contributed by atoms with E-state index < -0.39 is 5.97 Å². The number of ether oxygens (including phenoxy) is 1. The van der Waals surface area contributed by atoms with E-state index in [-0.39, 0.29) is 18.2 Å². The van der Waals surface area contributed by atoms with E-state index >= 15 is 0 Å². The Morgan fingerprint density at radius 3 is 2.58 bits per heavy atom. The van der Waals surface area contributed by atoms with E-state index in [4.69, 9.17) is 4.74 Å². The molecule has 1 saturated heterocycles. The molecule has 0 aliphatic carbocycles. The van der Waals surface area contributed by atoms with Crippen molar-refractivity contribution in [3.63, 3.8) is 0 Å². The van der Waals surface area contributed by atoms with Crippen LogP contribution >= 0.6 is 11.3 Å². The maximum Gasteiger partial charge on any atom is 0.358 e. The Morgan fingerprint density at radius 2 is 1.92 bits per heavy atom. The van der Waals surface area contributed by atoms with Gasteiger partial charge < -0.3 is 9.64 Å². The van der Waals surface area contributed by atoms with Crippen LogP contribution in [0.4, 0.5) is 0 Å². The molecule has 1 aromatic carbocycles. The molecule has 0 radical (unpaired) electrons. The largest absolute Gasteiger partial charge is 0.451 e. The fourth-order valence-corrected chi connectivity index (χ4v) is 3.73. The van der Waals surface area contributed by atoms with Crippen LogP contribution in [0.3, 0.4) is 0 Å². The summed E-state index contributed by atoms with van der Waals surface area (Å²) in [7, 11) is 0. The number of likely N-dealkylation sites (tertiary alicyclic amines) is 1. The molecule has 3 rings (SSSR count). The van der Waals surface area contributed by atoms with Crippen LogP contribution in [0.5, 0.6) is 0 Å². The molecule has 0 unspecified atom stereocenters. The third kappa shape index (κ3) is 4.49. The van der Waals surface area contributed by atoms with Gasteiger partial charge >= 0.3 is 5.97 Å². The number of nitrogens with zero attached hydrogens (tertiary/aromatic N) is 2. The summed E-state index contributed by atoms with van der Waals surface area (Å²) in [6.07, 6.45) is 3.00. The number of amides is 1. The summed E-state index contributed by atoms with van der Waals surface area (Å²) in [5, 5.41) is 2.45. The van der Waals surface area contributed by atoms with E-state index in [1.165, 1.54) is 16.9 Å². The zero-order chi connectivity index (χ0) is 18.5. The summed E-state index contributed by atoms with van der Waals surface area (Å²) in [6.45, 7) is 5.57. The summed E-state index contributed by atoms with van der Waals surface area (Å²) >= 11 is 1.40. The second-order valence-corrected chi connectivity index (χ2v) is 7.59. The first-order chi connectivity index (χ1) is 12.6. The average Bonchev–Trinajstić information content (AvgIpc) is 3.17. The molecule has 2 heterocycles. The van der Waals surface area contributed by atoms with Crippen LogP contribution in [0, 0.1) is 5.92 Å². The molecule has 0 spiro atoms. The molecule has 5 nitrogen and oxygen atoms in total. The van der Waals surface area contributed by atoms with Crippen molar-refractivity contribution in [3.05, 3.63) is 40.9 Å².